The van der Waals surface area contributed by atoms with Crippen molar-refractivity contribution in [2.45, 2.75) is 121 Å². The topological polar surface area (TPSA) is 217 Å². The van der Waals surface area contributed by atoms with Crippen LogP contribution >= 0.6 is 0 Å². The zero-order valence-electron chi connectivity index (χ0n) is 21.4. The molecule has 0 bridgehead atoms. The minimum atomic E-state index is -0.617. The number of rotatable bonds is 21. The van der Waals surface area contributed by atoms with Crippen LogP contribution in [0.15, 0.2) is 9.98 Å². The standard InChI is InChI=1S/C24H51N9O2/c25-22(26)30-15-11-7-2-1-4-8-12-18(34)13-9-5-3-6-10-14-20-21(33-24(29)32-20)16-19(35)17-31-23(27)28/h18-21,34-35H,1-17H2,(H4,25,26,30)(H4,27,28,31)(H3,29,32,33)/t18-,19-,20-,21-/m0/s1. The Bertz CT molecular complexity index is 626. The van der Waals surface area contributed by atoms with Gasteiger partial charge in [-0.15, -0.1) is 0 Å². The molecule has 0 fully saturated rings. The van der Waals surface area contributed by atoms with E-state index < -0.39 is 6.10 Å². The lowest BCUT2D eigenvalue weighted by molar-refractivity contribution is 0.147. The summed E-state index contributed by atoms with van der Waals surface area (Å²) >= 11 is 0. The van der Waals surface area contributed by atoms with Crippen LogP contribution in [0.2, 0.25) is 0 Å². The van der Waals surface area contributed by atoms with Crippen LogP contribution in [-0.2, 0) is 0 Å². The first-order valence-electron chi connectivity index (χ1n) is 13.4. The lowest BCUT2D eigenvalue weighted by Gasteiger charge is -2.21. The van der Waals surface area contributed by atoms with Gasteiger partial charge in [-0.2, -0.15) is 0 Å². The number of nitrogens with one attached hydrogen (secondary N) is 3. The molecule has 1 rings (SSSR count). The van der Waals surface area contributed by atoms with Gasteiger partial charge in [0.1, 0.15) is 0 Å². The number of hydrogen-bond donors (Lipinski definition) is 9. The molecule has 0 spiro atoms. The van der Waals surface area contributed by atoms with Crippen molar-refractivity contribution in [2.24, 2.45) is 32.9 Å². The number of nitrogens with two attached hydrogens (primary N) is 4. The fourth-order valence-electron chi connectivity index (χ4n) is 4.49. The lowest BCUT2D eigenvalue weighted by Crippen LogP contribution is -2.43. The summed E-state index contributed by atoms with van der Waals surface area (Å²) in [5, 5.41) is 33.3. The van der Waals surface area contributed by atoms with E-state index in [-0.39, 0.29) is 36.7 Å². The van der Waals surface area contributed by atoms with Gasteiger partial charge < -0.3 is 43.8 Å². The van der Waals surface area contributed by atoms with Gasteiger partial charge in [-0.1, -0.05) is 64.2 Å². The third-order valence-electron chi connectivity index (χ3n) is 6.43. The molecule has 0 saturated heterocycles. The number of guanidine groups is 3. The van der Waals surface area contributed by atoms with Crippen molar-refractivity contribution in [2.75, 3.05) is 13.1 Å². The molecule has 11 nitrogen and oxygen atoms in total. The first-order valence-corrected chi connectivity index (χ1v) is 13.4. The van der Waals surface area contributed by atoms with Gasteiger partial charge in [-0.05, 0) is 32.1 Å². The van der Waals surface area contributed by atoms with Crippen molar-refractivity contribution in [3.8, 4) is 0 Å². The molecule has 11 heteroatoms. The predicted octanol–water partition coefficient (Wildman–Crippen LogP) is 0.971. The molecule has 0 aromatic rings. The van der Waals surface area contributed by atoms with E-state index in [1.807, 2.05) is 0 Å². The zero-order chi connectivity index (χ0) is 25.9. The molecule has 0 amide bonds. The molecule has 1 aliphatic heterocycles. The number of aliphatic imine (C=N–C) groups is 2. The second-order valence-corrected chi connectivity index (χ2v) is 9.73. The lowest BCUT2D eigenvalue weighted by atomic mass is 9.97. The summed E-state index contributed by atoms with van der Waals surface area (Å²) in [6.45, 7) is 0.959. The molecule has 1 heterocycles. The highest BCUT2D eigenvalue weighted by atomic mass is 16.3. The molecule has 4 atom stereocenters. The molecule has 0 radical (unpaired) electrons. The number of unbranched alkanes of at least 4 members (excludes halogenated alkanes) is 9. The van der Waals surface area contributed by atoms with Gasteiger partial charge in [0, 0.05) is 13.1 Å². The van der Waals surface area contributed by atoms with Crippen molar-refractivity contribution >= 4 is 17.9 Å². The molecule has 1 aliphatic rings. The van der Waals surface area contributed by atoms with E-state index in [0.29, 0.717) is 18.9 Å². The van der Waals surface area contributed by atoms with E-state index in [2.05, 4.69) is 20.6 Å². The van der Waals surface area contributed by atoms with Crippen molar-refractivity contribution in [3.63, 3.8) is 0 Å². The third-order valence-corrected chi connectivity index (χ3v) is 6.43. The van der Waals surface area contributed by atoms with Gasteiger partial charge in [0.05, 0.1) is 24.3 Å². The highest BCUT2D eigenvalue weighted by Gasteiger charge is 2.28. The van der Waals surface area contributed by atoms with E-state index in [0.717, 1.165) is 70.6 Å². The van der Waals surface area contributed by atoms with Gasteiger partial charge in [-0.25, -0.2) is 4.99 Å². The number of nitrogens with zero attached hydrogens (tertiary/aromatic N) is 2. The monoisotopic (exact) mass is 497 g/mol. The number of aliphatic hydroxyl groups excluding tert-OH is 2. The minimum absolute atomic E-state index is 0.0126. The Balaban J connectivity index is 1.98. The first kappa shape index (κ1) is 30.8. The maximum atomic E-state index is 10.2. The Labute approximate surface area is 211 Å². The maximum absolute atomic E-state index is 10.2. The minimum Gasteiger partial charge on any atom is -0.393 e. The number of hydrogen-bond acceptors (Lipinski definition) is 7. The molecule has 0 aliphatic carbocycles. The highest BCUT2D eigenvalue weighted by molar-refractivity contribution is 5.80. The fourth-order valence-corrected chi connectivity index (χ4v) is 4.49. The average Bonchev–Trinajstić information content (AvgIpc) is 3.14. The molecule has 204 valence electrons. The molecule has 13 N–H and O–H groups in total. The normalized spacial score (nSPS) is 19.0. The largest absolute Gasteiger partial charge is 0.393 e. The fraction of sp³-hybridized carbons (Fsp3) is 0.875. The second-order valence-electron chi connectivity index (χ2n) is 9.73. The van der Waals surface area contributed by atoms with Crippen LogP contribution in [0, 0.1) is 5.41 Å². The van der Waals surface area contributed by atoms with E-state index in [4.69, 9.17) is 28.3 Å². The van der Waals surface area contributed by atoms with Crippen LogP contribution in [0.5, 0.6) is 0 Å². The summed E-state index contributed by atoms with van der Waals surface area (Å²) in [5.41, 5.74) is 21.7. The predicted molar refractivity (Wildman–Crippen MR) is 144 cm³/mol. The van der Waals surface area contributed by atoms with Crippen LogP contribution < -0.4 is 33.6 Å². The summed E-state index contributed by atoms with van der Waals surface area (Å²) in [4.78, 5) is 8.46. The summed E-state index contributed by atoms with van der Waals surface area (Å²) in [6.07, 6.45) is 14.8. The molecular formula is C24H51N9O2. The highest BCUT2D eigenvalue weighted by Crippen LogP contribution is 2.19. The molecule has 0 saturated carbocycles. The Morgan fingerprint density at radius 2 is 1.49 bits per heavy atom. The summed E-state index contributed by atoms with van der Waals surface area (Å²) in [7, 11) is 0. The van der Waals surface area contributed by atoms with Crippen LogP contribution in [0.3, 0.4) is 0 Å². The van der Waals surface area contributed by atoms with E-state index in [1.54, 1.807) is 0 Å². The average molecular weight is 498 g/mol. The van der Waals surface area contributed by atoms with E-state index >= 15 is 0 Å². The molecule has 0 aromatic heterocycles. The summed E-state index contributed by atoms with van der Waals surface area (Å²) in [6, 6.07) is 0.0839. The van der Waals surface area contributed by atoms with Gasteiger partial charge in [0.2, 0.25) is 0 Å². The van der Waals surface area contributed by atoms with E-state index in [1.165, 1.54) is 19.3 Å². The van der Waals surface area contributed by atoms with Crippen LogP contribution in [0.1, 0.15) is 96.3 Å². The van der Waals surface area contributed by atoms with Gasteiger partial charge in [0.15, 0.2) is 17.9 Å². The van der Waals surface area contributed by atoms with Crippen LogP contribution in [-0.4, -0.2) is 65.5 Å². The smallest absolute Gasteiger partial charge is 0.189 e. The zero-order valence-corrected chi connectivity index (χ0v) is 21.4. The third kappa shape index (κ3) is 16.9. The summed E-state index contributed by atoms with van der Waals surface area (Å²) < 4.78 is 0. The van der Waals surface area contributed by atoms with Crippen LogP contribution in [0.4, 0.5) is 0 Å². The second kappa shape index (κ2) is 19.0. The van der Waals surface area contributed by atoms with Gasteiger partial charge >= 0.3 is 0 Å². The number of aliphatic hydroxyl groups is 2. The quantitative estimate of drug-likeness (QED) is 0.0630. The Morgan fingerprint density at radius 1 is 0.914 bits per heavy atom. The molecule has 0 unspecified atom stereocenters. The Hall–Kier alpha value is -2.27. The van der Waals surface area contributed by atoms with Crippen molar-refractivity contribution in [1.82, 2.24) is 10.6 Å². The van der Waals surface area contributed by atoms with E-state index in [9.17, 15) is 10.2 Å². The van der Waals surface area contributed by atoms with Crippen LogP contribution in [0.25, 0.3) is 0 Å². The summed E-state index contributed by atoms with van der Waals surface area (Å²) in [5.74, 6) is 0.457. The van der Waals surface area contributed by atoms with Gasteiger partial charge in [-0.3, -0.25) is 10.4 Å². The van der Waals surface area contributed by atoms with Crippen molar-refractivity contribution in [3.05, 3.63) is 0 Å². The Morgan fingerprint density at radius 3 is 2.09 bits per heavy atom. The maximum Gasteiger partial charge on any atom is 0.189 e. The molecule has 0 aromatic carbocycles. The van der Waals surface area contributed by atoms with Crippen molar-refractivity contribution < 1.29 is 10.2 Å². The SMILES string of the molecule is N=C(N)NC[C@@H](O)C[C@@H]1NC(N)=N[C@H]1CCCCCCC[C@@H](O)CCCCCCCCN=C(N)N. The van der Waals surface area contributed by atoms with Gasteiger partial charge in [0.25, 0.3) is 0 Å². The van der Waals surface area contributed by atoms with Crippen molar-refractivity contribution in [1.29, 1.82) is 5.41 Å². The molecule has 35 heavy (non-hydrogen) atoms. The Kier molecular flexibility index (Phi) is 16.7. The molecular weight excluding hydrogens is 446 g/mol. The first-order chi connectivity index (χ1) is 16.8.